The number of nitrogens with zero attached hydrogens (tertiary/aromatic N) is 2. The molecular weight excluding hydrogens is 188 g/mol. The summed E-state index contributed by atoms with van der Waals surface area (Å²) in [5.41, 5.74) is 0. The molecule has 0 N–H and O–H groups in total. The smallest absolute Gasteiger partial charge is 0.168 e. The van der Waals surface area contributed by atoms with Crippen LogP contribution in [0.15, 0.2) is 17.3 Å². The van der Waals surface area contributed by atoms with E-state index in [-0.39, 0.29) is 12.4 Å². The van der Waals surface area contributed by atoms with Crippen LogP contribution in [-0.4, -0.2) is 35.0 Å². The molecule has 0 unspecified atom stereocenters. The van der Waals surface area contributed by atoms with Gasteiger partial charge in [-0.1, -0.05) is 0 Å². The fraction of sp³-hybridized carbons (Fsp3) is 0.500. The highest BCUT2D eigenvalue weighted by molar-refractivity contribution is 8.00. The summed E-state index contributed by atoms with van der Waals surface area (Å²) in [6.07, 6.45) is 3.62. The Labute approximate surface area is 81.3 Å². The van der Waals surface area contributed by atoms with E-state index in [1.54, 1.807) is 10.9 Å². The van der Waals surface area contributed by atoms with Crippen molar-refractivity contribution in [2.45, 2.75) is 4.90 Å². The summed E-state index contributed by atoms with van der Waals surface area (Å²) in [6, 6.07) is 0. The van der Waals surface area contributed by atoms with Gasteiger partial charge in [0.05, 0.1) is 11.9 Å². The standard InChI is InChI=1S/C8H12N2O2S/c1-10-4-8(3-9-10)13-6-7(11)5-12-2/h3-4H,5-6H2,1-2H3. The van der Waals surface area contributed by atoms with Crippen LogP contribution in [0.25, 0.3) is 0 Å². The zero-order chi connectivity index (χ0) is 9.68. The van der Waals surface area contributed by atoms with Crippen molar-refractivity contribution in [3.63, 3.8) is 0 Å². The number of carbonyl (C=O) groups excluding carboxylic acids is 1. The van der Waals surface area contributed by atoms with Crippen LogP contribution in [0.5, 0.6) is 0 Å². The molecule has 0 bridgehead atoms. The number of aromatic nitrogens is 2. The summed E-state index contributed by atoms with van der Waals surface area (Å²) in [5, 5.41) is 3.99. The Kier molecular flexibility index (Phi) is 3.98. The number of Topliss-reactive ketones (excluding diaryl/α,β-unsaturated/α-hetero) is 1. The third-order valence-corrected chi connectivity index (χ3v) is 2.40. The van der Waals surface area contributed by atoms with Gasteiger partial charge in [0.2, 0.25) is 0 Å². The Morgan fingerprint density at radius 2 is 2.54 bits per heavy atom. The number of ether oxygens (including phenoxy) is 1. The lowest BCUT2D eigenvalue weighted by molar-refractivity contribution is -0.120. The first-order valence-electron chi connectivity index (χ1n) is 3.84. The minimum absolute atomic E-state index is 0.0938. The van der Waals surface area contributed by atoms with Crippen molar-refractivity contribution >= 4 is 17.5 Å². The highest BCUT2D eigenvalue weighted by atomic mass is 32.2. The van der Waals surface area contributed by atoms with Gasteiger partial charge in [-0.15, -0.1) is 11.8 Å². The molecule has 1 aromatic rings. The first kappa shape index (κ1) is 10.3. The second-order valence-corrected chi connectivity index (χ2v) is 3.66. The molecular formula is C8H12N2O2S. The molecule has 4 nitrogen and oxygen atoms in total. The maximum absolute atomic E-state index is 11.1. The molecule has 0 aliphatic carbocycles. The third-order valence-electron chi connectivity index (χ3n) is 1.39. The van der Waals surface area contributed by atoms with E-state index >= 15 is 0 Å². The van der Waals surface area contributed by atoms with Crippen LogP contribution in [0, 0.1) is 0 Å². The van der Waals surface area contributed by atoms with Gasteiger partial charge in [0, 0.05) is 25.2 Å². The lowest BCUT2D eigenvalue weighted by Gasteiger charge is -1.96. The number of methoxy groups -OCH3 is 1. The molecule has 1 aromatic heterocycles. The second kappa shape index (κ2) is 5.04. The molecule has 13 heavy (non-hydrogen) atoms. The molecule has 0 fully saturated rings. The van der Waals surface area contributed by atoms with Crippen LogP contribution in [0.1, 0.15) is 0 Å². The van der Waals surface area contributed by atoms with Gasteiger partial charge in [0.1, 0.15) is 6.61 Å². The molecule has 0 aromatic carbocycles. The number of thioether (sulfide) groups is 1. The van der Waals surface area contributed by atoms with Gasteiger partial charge in [-0.2, -0.15) is 5.10 Å². The maximum atomic E-state index is 11.1. The third kappa shape index (κ3) is 3.61. The summed E-state index contributed by atoms with van der Waals surface area (Å²) in [4.78, 5) is 12.1. The SMILES string of the molecule is COCC(=O)CSc1cnn(C)c1. The van der Waals surface area contributed by atoms with Gasteiger partial charge in [-0.3, -0.25) is 9.48 Å². The maximum Gasteiger partial charge on any atom is 0.168 e. The lowest BCUT2D eigenvalue weighted by atomic mass is 10.5. The highest BCUT2D eigenvalue weighted by Gasteiger charge is 2.03. The lowest BCUT2D eigenvalue weighted by Crippen LogP contribution is -2.08. The van der Waals surface area contributed by atoms with Crippen LogP contribution < -0.4 is 0 Å². The zero-order valence-corrected chi connectivity index (χ0v) is 8.50. The average Bonchev–Trinajstić information content (AvgIpc) is 2.49. The van der Waals surface area contributed by atoms with Crippen molar-refractivity contribution in [3.05, 3.63) is 12.4 Å². The van der Waals surface area contributed by atoms with E-state index in [2.05, 4.69) is 5.10 Å². The first-order chi connectivity index (χ1) is 6.22. The van der Waals surface area contributed by atoms with Gasteiger partial charge < -0.3 is 4.74 Å². The monoisotopic (exact) mass is 200 g/mol. The van der Waals surface area contributed by atoms with Crippen molar-refractivity contribution in [2.24, 2.45) is 7.05 Å². The van der Waals surface area contributed by atoms with Crippen LogP contribution in [0.4, 0.5) is 0 Å². The number of ketones is 1. The van der Waals surface area contributed by atoms with E-state index in [1.165, 1.54) is 18.9 Å². The largest absolute Gasteiger partial charge is 0.377 e. The van der Waals surface area contributed by atoms with E-state index in [4.69, 9.17) is 4.74 Å². The number of rotatable bonds is 5. The topological polar surface area (TPSA) is 44.1 Å². The van der Waals surface area contributed by atoms with Crippen LogP contribution >= 0.6 is 11.8 Å². The molecule has 0 saturated carbocycles. The molecule has 0 aliphatic rings. The van der Waals surface area contributed by atoms with Gasteiger partial charge in [-0.25, -0.2) is 0 Å². The van der Waals surface area contributed by atoms with E-state index in [1.807, 2.05) is 13.2 Å². The molecule has 5 heteroatoms. The van der Waals surface area contributed by atoms with Gasteiger partial charge >= 0.3 is 0 Å². The number of aryl methyl sites for hydroxylation is 1. The minimum Gasteiger partial charge on any atom is -0.377 e. The molecule has 0 saturated heterocycles. The molecule has 0 atom stereocenters. The van der Waals surface area contributed by atoms with Crippen molar-refractivity contribution in [1.82, 2.24) is 9.78 Å². The first-order valence-corrected chi connectivity index (χ1v) is 4.83. The number of carbonyl (C=O) groups is 1. The van der Waals surface area contributed by atoms with Crippen molar-refractivity contribution in [1.29, 1.82) is 0 Å². The summed E-state index contributed by atoms with van der Waals surface area (Å²) >= 11 is 1.48. The molecule has 72 valence electrons. The normalized spacial score (nSPS) is 10.3. The molecule has 1 heterocycles. The van der Waals surface area contributed by atoms with E-state index in [0.29, 0.717) is 5.75 Å². The Bertz CT molecular complexity index is 285. The fourth-order valence-electron chi connectivity index (χ4n) is 0.840. The van der Waals surface area contributed by atoms with Gasteiger partial charge in [0.25, 0.3) is 0 Å². The minimum atomic E-state index is 0.0938. The fourth-order valence-corrected chi connectivity index (χ4v) is 1.60. The van der Waals surface area contributed by atoms with Gasteiger partial charge in [-0.05, 0) is 0 Å². The Balaban J connectivity index is 2.30. The molecule has 0 spiro atoms. The highest BCUT2D eigenvalue weighted by Crippen LogP contribution is 2.15. The van der Waals surface area contributed by atoms with E-state index < -0.39 is 0 Å². The summed E-state index contributed by atoms with van der Waals surface area (Å²) in [6.45, 7) is 0.188. The second-order valence-electron chi connectivity index (χ2n) is 2.61. The Morgan fingerprint density at radius 3 is 3.08 bits per heavy atom. The Morgan fingerprint density at radius 1 is 1.77 bits per heavy atom. The average molecular weight is 200 g/mol. The van der Waals surface area contributed by atoms with Crippen molar-refractivity contribution < 1.29 is 9.53 Å². The number of hydrogen-bond acceptors (Lipinski definition) is 4. The van der Waals surface area contributed by atoms with Crippen LogP contribution in [0.3, 0.4) is 0 Å². The number of hydrogen-bond donors (Lipinski definition) is 0. The van der Waals surface area contributed by atoms with Crippen LogP contribution in [-0.2, 0) is 16.6 Å². The predicted molar refractivity (Wildman–Crippen MR) is 50.8 cm³/mol. The Hall–Kier alpha value is -0.810. The zero-order valence-electron chi connectivity index (χ0n) is 7.69. The molecule has 0 aliphatic heterocycles. The quantitative estimate of drug-likeness (QED) is 0.657. The van der Waals surface area contributed by atoms with Crippen molar-refractivity contribution in [2.75, 3.05) is 19.5 Å². The predicted octanol–water partition coefficient (Wildman–Crippen LogP) is 0.728. The molecule has 0 radical (unpaired) electrons. The van der Waals surface area contributed by atoms with E-state index in [9.17, 15) is 4.79 Å². The van der Waals surface area contributed by atoms with Gasteiger partial charge in [0.15, 0.2) is 5.78 Å². The molecule has 1 rings (SSSR count). The van der Waals surface area contributed by atoms with Crippen LogP contribution in [0.2, 0.25) is 0 Å². The summed E-state index contributed by atoms with van der Waals surface area (Å²) in [7, 11) is 3.37. The molecule has 0 amide bonds. The van der Waals surface area contributed by atoms with E-state index in [0.717, 1.165) is 4.90 Å². The summed E-state index contributed by atoms with van der Waals surface area (Å²) in [5.74, 6) is 0.538. The van der Waals surface area contributed by atoms with Crippen molar-refractivity contribution in [3.8, 4) is 0 Å². The summed E-state index contributed by atoms with van der Waals surface area (Å²) < 4.78 is 6.42.